The van der Waals surface area contributed by atoms with Crippen molar-refractivity contribution in [3.8, 4) is 11.8 Å². The molecule has 1 aromatic carbocycles. The molecule has 0 fully saturated rings. The largest absolute Gasteiger partial charge is 0.484 e. The van der Waals surface area contributed by atoms with Gasteiger partial charge in [0.05, 0.1) is 11.6 Å². The van der Waals surface area contributed by atoms with Gasteiger partial charge in [0.25, 0.3) is 5.91 Å². The fourth-order valence-electron chi connectivity index (χ4n) is 1.72. The van der Waals surface area contributed by atoms with Crippen LogP contribution in [0.3, 0.4) is 0 Å². The predicted molar refractivity (Wildman–Crippen MR) is 77.6 cm³/mol. The first-order valence-electron chi connectivity index (χ1n) is 6.56. The normalized spacial score (nSPS) is 9.67. The molecule has 0 aliphatic carbocycles. The lowest BCUT2D eigenvalue weighted by Gasteiger charge is -2.07. The number of ether oxygens (including phenoxy) is 1. The number of nitrogens with one attached hydrogen (secondary N) is 1. The zero-order valence-electron chi connectivity index (χ0n) is 11.5. The number of carbonyl (C=O) groups excluding carboxylic acids is 1. The van der Waals surface area contributed by atoms with Crippen LogP contribution in [0.15, 0.2) is 48.8 Å². The maximum Gasteiger partial charge on any atom is 0.257 e. The second-order valence-electron chi connectivity index (χ2n) is 4.39. The molecule has 5 heteroatoms. The molecule has 0 bridgehead atoms. The Labute approximate surface area is 123 Å². The van der Waals surface area contributed by atoms with Crippen molar-refractivity contribution in [2.75, 3.05) is 13.2 Å². The Morgan fingerprint density at radius 1 is 1.29 bits per heavy atom. The first-order chi connectivity index (χ1) is 10.3. The maximum atomic E-state index is 11.6. The number of amides is 1. The molecule has 5 nitrogen and oxygen atoms in total. The summed E-state index contributed by atoms with van der Waals surface area (Å²) in [6.07, 6.45) is 4.23. The molecule has 0 atom stereocenters. The Balaban J connectivity index is 1.68. The Morgan fingerprint density at radius 3 is 2.76 bits per heavy atom. The van der Waals surface area contributed by atoms with Crippen LogP contribution < -0.4 is 10.1 Å². The van der Waals surface area contributed by atoms with Gasteiger partial charge < -0.3 is 10.1 Å². The monoisotopic (exact) mass is 281 g/mol. The highest BCUT2D eigenvalue weighted by Gasteiger charge is 2.02. The van der Waals surface area contributed by atoms with E-state index in [2.05, 4.69) is 10.3 Å². The van der Waals surface area contributed by atoms with Crippen LogP contribution in [0, 0.1) is 11.3 Å². The summed E-state index contributed by atoms with van der Waals surface area (Å²) in [4.78, 5) is 15.6. The van der Waals surface area contributed by atoms with Gasteiger partial charge >= 0.3 is 0 Å². The smallest absolute Gasteiger partial charge is 0.257 e. The van der Waals surface area contributed by atoms with Gasteiger partial charge in [0, 0.05) is 18.9 Å². The van der Waals surface area contributed by atoms with Gasteiger partial charge in [0.2, 0.25) is 0 Å². The Hall–Kier alpha value is -2.87. The second-order valence-corrected chi connectivity index (χ2v) is 4.39. The molecular formula is C16H15N3O2. The molecule has 0 radical (unpaired) electrons. The highest BCUT2D eigenvalue weighted by Crippen LogP contribution is 2.11. The van der Waals surface area contributed by atoms with Gasteiger partial charge in [-0.2, -0.15) is 5.26 Å². The minimum atomic E-state index is -0.178. The molecule has 2 aromatic rings. The van der Waals surface area contributed by atoms with Crippen molar-refractivity contribution < 1.29 is 9.53 Å². The minimum Gasteiger partial charge on any atom is -0.484 e. The van der Waals surface area contributed by atoms with Gasteiger partial charge in [-0.15, -0.1) is 0 Å². The van der Waals surface area contributed by atoms with Crippen LogP contribution in [0.25, 0.3) is 0 Å². The summed E-state index contributed by atoms with van der Waals surface area (Å²) in [6.45, 7) is 0.500. The third-order valence-corrected chi connectivity index (χ3v) is 2.81. The Morgan fingerprint density at radius 2 is 2.10 bits per heavy atom. The quantitative estimate of drug-likeness (QED) is 0.874. The van der Waals surface area contributed by atoms with E-state index in [4.69, 9.17) is 10.00 Å². The molecule has 21 heavy (non-hydrogen) atoms. The molecule has 106 valence electrons. The summed E-state index contributed by atoms with van der Waals surface area (Å²) in [5, 5.41) is 11.5. The summed E-state index contributed by atoms with van der Waals surface area (Å²) in [5.41, 5.74) is 1.63. The number of rotatable bonds is 6. The molecule has 0 unspecified atom stereocenters. The Bertz CT molecular complexity index is 618. The zero-order chi connectivity index (χ0) is 14.9. The molecule has 0 saturated carbocycles. The van der Waals surface area contributed by atoms with Gasteiger partial charge in [0.15, 0.2) is 6.61 Å². The summed E-state index contributed by atoms with van der Waals surface area (Å²) in [6, 6.07) is 12.5. The van der Waals surface area contributed by atoms with E-state index in [-0.39, 0.29) is 12.5 Å². The third-order valence-electron chi connectivity index (χ3n) is 2.81. The molecule has 1 N–H and O–H groups in total. The number of aromatic nitrogens is 1. The van der Waals surface area contributed by atoms with Crippen LogP contribution in [0.2, 0.25) is 0 Å². The standard InChI is InChI=1S/C16H15N3O2/c17-10-13-3-5-15(6-4-13)21-12-16(20)19-9-7-14-2-1-8-18-11-14/h1-6,8,11H,7,9,12H2,(H,19,20). The molecule has 1 amide bonds. The molecule has 2 rings (SSSR count). The van der Waals surface area contributed by atoms with Gasteiger partial charge in [-0.05, 0) is 42.3 Å². The number of benzene rings is 1. The lowest BCUT2D eigenvalue weighted by Crippen LogP contribution is -2.30. The SMILES string of the molecule is N#Cc1ccc(OCC(=O)NCCc2cccnc2)cc1. The fraction of sp³-hybridized carbons (Fsp3) is 0.188. The van der Waals surface area contributed by atoms with Gasteiger partial charge in [-0.3, -0.25) is 9.78 Å². The van der Waals surface area contributed by atoms with E-state index >= 15 is 0 Å². The van der Waals surface area contributed by atoms with E-state index in [1.807, 2.05) is 18.2 Å². The molecule has 0 spiro atoms. The van der Waals surface area contributed by atoms with E-state index < -0.39 is 0 Å². The molecule has 0 saturated heterocycles. The van der Waals surface area contributed by atoms with Crippen LogP contribution in [-0.2, 0) is 11.2 Å². The highest BCUT2D eigenvalue weighted by atomic mass is 16.5. The molecular weight excluding hydrogens is 266 g/mol. The predicted octanol–water partition coefficient (Wildman–Crippen LogP) is 1.69. The van der Waals surface area contributed by atoms with Crippen LogP contribution >= 0.6 is 0 Å². The topological polar surface area (TPSA) is 75.0 Å². The second kappa shape index (κ2) is 7.65. The van der Waals surface area contributed by atoms with Crippen molar-refractivity contribution in [1.82, 2.24) is 10.3 Å². The minimum absolute atomic E-state index is 0.0427. The highest BCUT2D eigenvalue weighted by molar-refractivity contribution is 5.77. The van der Waals surface area contributed by atoms with Gasteiger partial charge in [-0.25, -0.2) is 0 Å². The first kappa shape index (κ1) is 14.5. The van der Waals surface area contributed by atoms with Crippen molar-refractivity contribution in [3.63, 3.8) is 0 Å². The lowest BCUT2D eigenvalue weighted by atomic mass is 10.2. The molecule has 0 aliphatic rings. The van der Waals surface area contributed by atoms with Gasteiger partial charge in [0.1, 0.15) is 5.75 Å². The average molecular weight is 281 g/mol. The number of nitrogens with zero attached hydrogens (tertiary/aromatic N) is 2. The van der Waals surface area contributed by atoms with E-state index in [1.165, 1.54) is 0 Å². The Kier molecular flexibility index (Phi) is 5.30. The summed E-state index contributed by atoms with van der Waals surface area (Å²) in [7, 11) is 0. The van der Waals surface area contributed by atoms with Crippen molar-refractivity contribution in [1.29, 1.82) is 5.26 Å². The first-order valence-corrected chi connectivity index (χ1v) is 6.56. The summed E-state index contributed by atoms with van der Waals surface area (Å²) < 4.78 is 5.34. The van der Waals surface area contributed by atoms with Gasteiger partial charge in [-0.1, -0.05) is 6.07 Å². The lowest BCUT2D eigenvalue weighted by molar-refractivity contribution is -0.123. The summed E-state index contributed by atoms with van der Waals surface area (Å²) >= 11 is 0. The number of carbonyl (C=O) groups is 1. The van der Waals surface area contributed by atoms with E-state index in [0.29, 0.717) is 17.9 Å². The van der Waals surface area contributed by atoms with E-state index in [1.54, 1.807) is 36.7 Å². The van der Waals surface area contributed by atoms with Crippen LogP contribution in [0.4, 0.5) is 0 Å². The van der Waals surface area contributed by atoms with E-state index in [0.717, 1.165) is 12.0 Å². The van der Waals surface area contributed by atoms with Crippen LogP contribution in [0.1, 0.15) is 11.1 Å². The number of hydrogen-bond donors (Lipinski definition) is 1. The molecule has 1 aromatic heterocycles. The third kappa shape index (κ3) is 4.96. The molecule has 1 heterocycles. The number of pyridine rings is 1. The van der Waals surface area contributed by atoms with Crippen molar-refractivity contribution in [2.45, 2.75) is 6.42 Å². The maximum absolute atomic E-state index is 11.6. The van der Waals surface area contributed by atoms with Crippen molar-refractivity contribution in [2.24, 2.45) is 0 Å². The average Bonchev–Trinajstić information content (AvgIpc) is 2.54. The van der Waals surface area contributed by atoms with Crippen LogP contribution in [-0.4, -0.2) is 24.0 Å². The number of nitriles is 1. The fourth-order valence-corrected chi connectivity index (χ4v) is 1.72. The van der Waals surface area contributed by atoms with Crippen molar-refractivity contribution >= 4 is 5.91 Å². The van der Waals surface area contributed by atoms with Crippen molar-refractivity contribution in [3.05, 3.63) is 59.9 Å². The zero-order valence-corrected chi connectivity index (χ0v) is 11.5. The molecule has 0 aliphatic heterocycles. The van der Waals surface area contributed by atoms with Crippen LogP contribution in [0.5, 0.6) is 5.75 Å². The number of hydrogen-bond acceptors (Lipinski definition) is 4. The van der Waals surface area contributed by atoms with E-state index in [9.17, 15) is 4.79 Å². The summed E-state index contributed by atoms with van der Waals surface area (Å²) in [5.74, 6) is 0.389.